The molecule has 0 saturated carbocycles. The Morgan fingerprint density at radius 3 is 3.07 bits per heavy atom. The standard InChI is InChI=1S/C9H11N3OS/c1-6(5-13)14-9-7(3-10)2-8(11)4-12-9/h2,4,6,13H,5,11H2,1H3. The zero-order chi connectivity index (χ0) is 10.6. The lowest BCUT2D eigenvalue weighted by Gasteiger charge is -2.07. The van der Waals surface area contributed by atoms with E-state index in [-0.39, 0.29) is 11.9 Å². The molecule has 0 saturated heterocycles. The molecule has 4 nitrogen and oxygen atoms in total. The highest BCUT2D eigenvalue weighted by Gasteiger charge is 2.09. The van der Waals surface area contributed by atoms with Gasteiger partial charge in [0.1, 0.15) is 11.1 Å². The van der Waals surface area contributed by atoms with Crippen LogP contribution in [0.25, 0.3) is 0 Å². The molecular weight excluding hydrogens is 198 g/mol. The Morgan fingerprint density at radius 2 is 2.50 bits per heavy atom. The van der Waals surface area contributed by atoms with Crippen molar-refractivity contribution in [2.45, 2.75) is 17.2 Å². The molecular formula is C9H11N3OS. The van der Waals surface area contributed by atoms with E-state index in [9.17, 15) is 0 Å². The average Bonchev–Trinajstić information content (AvgIpc) is 2.20. The van der Waals surface area contributed by atoms with E-state index < -0.39 is 0 Å². The summed E-state index contributed by atoms with van der Waals surface area (Å²) < 4.78 is 0. The Hall–Kier alpha value is -1.25. The number of thioether (sulfide) groups is 1. The quantitative estimate of drug-likeness (QED) is 0.726. The van der Waals surface area contributed by atoms with Crippen LogP contribution in [-0.2, 0) is 0 Å². The maximum atomic E-state index is 8.86. The first-order chi connectivity index (χ1) is 6.67. The SMILES string of the molecule is CC(CO)Sc1ncc(N)cc1C#N. The molecule has 0 aliphatic carbocycles. The summed E-state index contributed by atoms with van der Waals surface area (Å²) >= 11 is 1.36. The fourth-order valence-electron chi connectivity index (χ4n) is 0.870. The number of hydrogen-bond acceptors (Lipinski definition) is 5. The Morgan fingerprint density at radius 1 is 1.79 bits per heavy atom. The Kier molecular flexibility index (Phi) is 3.74. The van der Waals surface area contributed by atoms with Gasteiger partial charge in [0.15, 0.2) is 0 Å². The highest BCUT2D eigenvalue weighted by atomic mass is 32.2. The number of pyridine rings is 1. The number of nitriles is 1. The topological polar surface area (TPSA) is 82.9 Å². The molecule has 0 aliphatic rings. The second-order valence-electron chi connectivity index (χ2n) is 2.84. The predicted octanol–water partition coefficient (Wildman–Crippen LogP) is 1.01. The summed E-state index contributed by atoms with van der Waals surface area (Å²) in [4.78, 5) is 4.04. The molecule has 1 heterocycles. The zero-order valence-electron chi connectivity index (χ0n) is 7.77. The van der Waals surface area contributed by atoms with E-state index in [1.54, 1.807) is 6.07 Å². The normalized spacial score (nSPS) is 12.1. The van der Waals surface area contributed by atoms with Crippen molar-refractivity contribution in [1.82, 2.24) is 4.98 Å². The van der Waals surface area contributed by atoms with Gasteiger partial charge < -0.3 is 10.8 Å². The minimum absolute atomic E-state index is 0.0261. The van der Waals surface area contributed by atoms with Crippen LogP contribution in [0.5, 0.6) is 0 Å². The monoisotopic (exact) mass is 209 g/mol. The maximum Gasteiger partial charge on any atom is 0.114 e. The molecule has 0 bridgehead atoms. The number of aliphatic hydroxyl groups excluding tert-OH is 1. The molecule has 74 valence electrons. The van der Waals surface area contributed by atoms with Crippen molar-refractivity contribution < 1.29 is 5.11 Å². The number of anilines is 1. The third kappa shape index (κ3) is 2.62. The molecule has 0 aromatic carbocycles. The summed E-state index contributed by atoms with van der Waals surface area (Å²) in [7, 11) is 0. The average molecular weight is 209 g/mol. The molecule has 0 aliphatic heterocycles. The summed E-state index contributed by atoms with van der Waals surface area (Å²) in [6.45, 7) is 1.92. The molecule has 5 heteroatoms. The van der Waals surface area contributed by atoms with Gasteiger partial charge in [0.25, 0.3) is 0 Å². The second-order valence-corrected chi connectivity index (χ2v) is 4.27. The Bertz CT molecular complexity index is 362. The molecule has 0 fully saturated rings. The molecule has 0 amide bonds. The third-order valence-electron chi connectivity index (χ3n) is 1.56. The van der Waals surface area contributed by atoms with Crippen molar-refractivity contribution in [1.29, 1.82) is 5.26 Å². The number of hydrogen-bond donors (Lipinski definition) is 2. The van der Waals surface area contributed by atoms with Crippen LogP contribution < -0.4 is 5.73 Å². The van der Waals surface area contributed by atoms with Crippen molar-refractivity contribution in [2.75, 3.05) is 12.3 Å². The fraction of sp³-hybridized carbons (Fsp3) is 0.333. The van der Waals surface area contributed by atoms with Crippen molar-refractivity contribution in [3.05, 3.63) is 17.8 Å². The van der Waals surface area contributed by atoms with Gasteiger partial charge in [-0.2, -0.15) is 5.26 Å². The minimum Gasteiger partial charge on any atom is -0.397 e. The highest BCUT2D eigenvalue weighted by molar-refractivity contribution is 7.99. The fourth-order valence-corrected chi connectivity index (χ4v) is 1.67. The van der Waals surface area contributed by atoms with Crippen molar-refractivity contribution >= 4 is 17.4 Å². The summed E-state index contributed by atoms with van der Waals surface area (Å²) in [6, 6.07) is 3.60. The zero-order valence-corrected chi connectivity index (χ0v) is 8.58. The molecule has 1 aromatic heterocycles. The van der Waals surface area contributed by atoms with Gasteiger partial charge in [-0.05, 0) is 6.07 Å². The van der Waals surface area contributed by atoms with Crippen LogP contribution in [0.15, 0.2) is 17.3 Å². The van der Waals surface area contributed by atoms with E-state index in [1.807, 2.05) is 13.0 Å². The van der Waals surface area contributed by atoms with Crippen LogP contribution in [0.2, 0.25) is 0 Å². The molecule has 1 aromatic rings. The molecule has 1 atom stereocenters. The van der Waals surface area contributed by atoms with Gasteiger partial charge in [-0.15, -0.1) is 0 Å². The number of aromatic nitrogens is 1. The van der Waals surface area contributed by atoms with Crippen molar-refractivity contribution in [2.24, 2.45) is 0 Å². The smallest absolute Gasteiger partial charge is 0.114 e. The van der Waals surface area contributed by atoms with E-state index in [0.29, 0.717) is 16.3 Å². The number of aliphatic hydroxyl groups is 1. The second kappa shape index (κ2) is 4.84. The van der Waals surface area contributed by atoms with Crippen LogP contribution in [0.1, 0.15) is 12.5 Å². The minimum atomic E-state index is 0.0261. The molecule has 3 N–H and O–H groups in total. The van der Waals surface area contributed by atoms with Crippen molar-refractivity contribution in [3.63, 3.8) is 0 Å². The van der Waals surface area contributed by atoms with E-state index in [4.69, 9.17) is 16.1 Å². The molecule has 14 heavy (non-hydrogen) atoms. The molecule has 0 spiro atoms. The van der Waals surface area contributed by atoms with Gasteiger partial charge in [0.2, 0.25) is 0 Å². The summed E-state index contributed by atoms with van der Waals surface area (Å²) in [5.74, 6) is 0. The van der Waals surface area contributed by atoms with Gasteiger partial charge in [-0.1, -0.05) is 18.7 Å². The lowest BCUT2D eigenvalue weighted by molar-refractivity contribution is 0.300. The van der Waals surface area contributed by atoms with Gasteiger partial charge in [0, 0.05) is 5.25 Å². The van der Waals surface area contributed by atoms with Crippen LogP contribution >= 0.6 is 11.8 Å². The summed E-state index contributed by atoms with van der Waals surface area (Å²) in [5, 5.41) is 18.3. The third-order valence-corrected chi connectivity index (χ3v) is 2.66. The first kappa shape index (κ1) is 10.8. The van der Waals surface area contributed by atoms with Gasteiger partial charge in [-0.3, -0.25) is 0 Å². The number of nitrogens with zero attached hydrogens (tertiary/aromatic N) is 2. The molecule has 1 rings (SSSR count). The largest absolute Gasteiger partial charge is 0.397 e. The Balaban J connectivity index is 2.92. The predicted molar refractivity (Wildman–Crippen MR) is 55.8 cm³/mol. The van der Waals surface area contributed by atoms with Crippen LogP contribution in [0.4, 0.5) is 5.69 Å². The Labute approximate surface area is 86.8 Å². The van der Waals surface area contributed by atoms with Crippen molar-refractivity contribution in [3.8, 4) is 6.07 Å². The van der Waals surface area contributed by atoms with Gasteiger partial charge >= 0.3 is 0 Å². The van der Waals surface area contributed by atoms with Gasteiger partial charge in [0.05, 0.1) is 24.1 Å². The van der Waals surface area contributed by atoms with E-state index in [2.05, 4.69) is 4.98 Å². The molecule has 0 radical (unpaired) electrons. The van der Waals surface area contributed by atoms with E-state index >= 15 is 0 Å². The number of nitrogen functional groups attached to an aromatic ring is 1. The maximum absolute atomic E-state index is 8.86. The van der Waals surface area contributed by atoms with Gasteiger partial charge in [-0.25, -0.2) is 4.98 Å². The lowest BCUT2D eigenvalue weighted by atomic mass is 10.3. The first-order valence-electron chi connectivity index (χ1n) is 4.10. The summed E-state index contributed by atoms with van der Waals surface area (Å²) in [5.41, 5.74) is 6.42. The van der Waals surface area contributed by atoms with Crippen LogP contribution in [0, 0.1) is 11.3 Å². The first-order valence-corrected chi connectivity index (χ1v) is 4.98. The highest BCUT2D eigenvalue weighted by Crippen LogP contribution is 2.24. The van der Waals surface area contributed by atoms with Crippen LogP contribution in [0.3, 0.4) is 0 Å². The number of nitrogens with two attached hydrogens (primary N) is 1. The molecule has 1 unspecified atom stereocenters. The summed E-state index contributed by atoms with van der Waals surface area (Å²) in [6.07, 6.45) is 1.51. The number of rotatable bonds is 3. The van der Waals surface area contributed by atoms with E-state index in [0.717, 1.165) is 0 Å². The van der Waals surface area contributed by atoms with Crippen LogP contribution in [-0.4, -0.2) is 21.9 Å². The lowest BCUT2D eigenvalue weighted by Crippen LogP contribution is -2.03. The van der Waals surface area contributed by atoms with E-state index in [1.165, 1.54) is 18.0 Å².